The van der Waals surface area contributed by atoms with Gasteiger partial charge in [0.2, 0.25) is 0 Å². The number of nitrogen functional groups attached to an aromatic ring is 1. The van der Waals surface area contributed by atoms with Gasteiger partial charge in [-0.2, -0.15) is 0 Å². The normalized spacial score (nSPS) is 9.27. The fourth-order valence-corrected chi connectivity index (χ4v) is 2.00. The minimum atomic E-state index is 0.829. The maximum atomic E-state index is 5.43. The Bertz CT molecular complexity index is 206. The number of anilines is 1. The van der Waals surface area contributed by atoms with Crippen LogP contribution in [-0.4, -0.2) is 12.3 Å². The van der Waals surface area contributed by atoms with E-state index in [-0.39, 0.29) is 0 Å². The number of rotatable bonds is 4. The molecular formula is C13H24NP. The van der Waals surface area contributed by atoms with E-state index in [2.05, 4.69) is 13.8 Å². The van der Waals surface area contributed by atoms with Gasteiger partial charge in [0.05, 0.1) is 0 Å². The van der Waals surface area contributed by atoms with Gasteiger partial charge in [-0.05, 0) is 31.4 Å². The first-order chi connectivity index (χ1) is 7.20. The molecule has 2 N–H and O–H groups in total. The van der Waals surface area contributed by atoms with E-state index in [1.165, 1.54) is 39.3 Å². The summed E-state index contributed by atoms with van der Waals surface area (Å²) in [7, 11) is 1.23. The first-order valence-electron chi connectivity index (χ1n) is 5.73. The van der Waals surface area contributed by atoms with Crippen LogP contribution < -0.4 is 5.73 Å². The van der Waals surface area contributed by atoms with Crippen molar-refractivity contribution >= 4 is 14.3 Å². The Morgan fingerprint density at radius 1 is 1.00 bits per heavy atom. The predicted molar refractivity (Wildman–Crippen MR) is 74.2 cm³/mol. The van der Waals surface area contributed by atoms with Crippen molar-refractivity contribution in [3.05, 3.63) is 29.8 Å². The molecule has 0 atom stereocenters. The first-order valence-corrected chi connectivity index (χ1v) is 7.15. The fourth-order valence-electron chi connectivity index (χ4n) is 1.05. The molecule has 0 unspecified atom stereocenters. The molecule has 2 heteroatoms. The van der Waals surface area contributed by atoms with Crippen molar-refractivity contribution in [2.24, 2.45) is 0 Å². The monoisotopic (exact) mass is 225 g/mol. The number of nitrogens with two attached hydrogens (primary N) is 1. The lowest BCUT2D eigenvalue weighted by Gasteiger charge is -1.91. The largest absolute Gasteiger partial charge is 0.399 e. The lowest BCUT2D eigenvalue weighted by molar-refractivity contribution is 1.07. The predicted octanol–water partition coefficient (Wildman–Crippen LogP) is 4.06. The van der Waals surface area contributed by atoms with Crippen LogP contribution in [0.2, 0.25) is 0 Å². The van der Waals surface area contributed by atoms with E-state index in [9.17, 15) is 0 Å². The maximum absolute atomic E-state index is 5.43. The molecule has 15 heavy (non-hydrogen) atoms. The second kappa shape index (κ2) is 9.98. The molecule has 1 aromatic rings. The van der Waals surface area contributed by atoms with Crippen molar-refractivity contribution < 1.29 is 0 Å². The molecular weight excluding hydrogens is 201 g/mol. The molecule has 0 aliphatic carbocycles. The van der Waals surface area contributed by atoms with Crippen molar-refractivity contribution in [1.82, 2.24) is 0 Å². The van der Waals surface area contributed by atoms with Crippen LogP contribution in [0.3, 0.4) is 0 Å². The van der Waals surface area contributed by atoms with E-state index in [0.29, 0.717) is 0 Å². The first kappa shape index (κ1) is 14.5. The Labute approximate surface area is 96.2 Å². The summed E-state index contributed by atoms with van der Waals surface area (Å²) < 4.78 is 0. The van der Waals surface area contributed by atoms with Crippen molar-refractivity contribution in [1.29, 1.82) is 0 Å². The third-order valence-corrected chi connectivity index (χ3v) is 3.64. The van der Waals surface area contributed by atoms with Crippen LogP contribution in [0.5, 0.6) is 0 Å². The summed E-state index contributed by atoms with van der Waals surface area (Å²) in [4.78, 5) is 0. The smallest absolute Gasteiger partial charge is 0.0314 e. The van der Waals surface area contributed by atoms with Gasteiger partial charge in [-0.25, -0.2) is 0 Å². The van der Waals surface area contributed by atoms with Crippen LogP contribution in [0.15, 0.2) is 24.3 Å². The molecule has 0 aliphatic heterocycles. The van der Waals surface area contributed by atoms with Gasteiger partial charge in [-0.3, -0.25) is 0 Å². The van der Waals surface area contributed by atoms with E-state index in [0.717, 1.165) is 5.69 Å². The summed E-state index contributed by atoms with van der Waals surface area (Å²) in [5.74, 6) is 0. The van der Waals surface area contributed by atoms with Crippen LogP contribution in [0, 0.1) is 6.92 Å². The van der Waals surface area contributed by atoms with E-state index in [1.54, 1.807) is 0 Å². The SMILES string of the molecule is CCCPCCC.Cc1ccc(N)cc1. The molecule has 1 aromatic carbocycles. The van der Waals surface area contributed by atoms with Gasteiger partial charge < -0.3 is 5.73 Å². The second-order valence-electron chi connectivity index (χ2n) is 3.66. The highest BCUT2D eigenvalue weighted by Crippen LogP contribution is 2.10. The average Bonchev–Trinajstić information content (AvgIpc) is 2.24. The van der Waals surface area contributed by atoms with Crippen LogP contribution >= 0.6 is 8.58 Å². The molecule has 0 radical (unpaired) electrons. The maximum Gasteiger partial charge on any atom is 0.0314 e. The molecule has 0 heterocycles. The quantitative estimate of drug-likeness (QED) is 0.466. The van der Waals surface area contributed by atoms with Crippen molar-refractivity contribution in [3.8, 4) is 0 Å². The number of hydrogen-bond acceptors (Lipinski definition) is 1. The second-order valence-corrected chi connectivity index (χ2v) is 5.16. The van der Waals surface area contributed by atoms with Crippen LogP contribution in [-0.2, 0) is 0 Å². The molecule has 0 spiro atoms. The molecule has 0 fully saturated rings. The lowest BCUT2D eigenvalue weighted by atomic mass is 10.2. The van der Waals surface area contributed by atoms with E-state index in [4.69, 9.17) is 5.73 Å². The van der Waals surface area contributed by atoms with E-state index in [1.807, 2.05) is 31.2 Å². The van der Waals surface area contributed by atoms with Gasteiger partial charge in [0.25, 0.3) is 0 Å². The Balaban J connectivity index is 0.000000265. The highest BCUT2D eigenvalue weighted by molar-refractivity contribution is 7.37. The van der Waals surface area contributed by atoms with Gasteiger partial charge in [0, 0.05) is 5.69 Å². The van der Waals surface area contributed by atoms with Crippen molar-refractivity contribution in [3.63, 3.8) is 0 Å². The van der Waals surface area contributed by atoms with Crippen LogP contribution in [0.1, 0.15) is 32.3 Å². The number of benzene rings is 1. The van der Waals surface area contributed by atoms with Gasteiger partial charge in [0.1, 0.15) is 0 Å². The molecule has 0 bridgehead atoms. The lowest BCUT2D eigenvalue weighted by Crippen LogP contribution is -1.81. The molecule has 1 nitrogen and oxygen atoms in total. The highest BCUT2D eigenvalue weighted by Gasteiger charge is 1.80. The Hall–Kier alpha value is -0.550. The van der Waals surface area contributed by atoms with E-state index >= 15 is 0 Å². The summed E-state index contributed by atoms with van der Waals surface area (Å²) in [6, 6.07) is 7.79. The van der Waals surface area contributed by atoms with Gasteiger partial charge >= 0.3 is 0 Å². The van der Waals surface area contributed by atoms with Crippen LogP contribution in [0.25, 0.3) is 0 Å². The summed E-state index contributed by atoms with van der Waals surface area (Å²) >= 11 is 0. The Kier molecular flexibility index (Phi) is 9.62. The molecule has 0 saturated carbocycles. The summed E-state index contributed by atoms with van der Waals surface area (Å²) in [6.07, 6.45) is 5.65. The summed E-state index contributed by atoms with van der Waals surface area (Å²) in [6.45, 7) is 6.55. The van der Waals surface area contributed by atoms with Crippen molar-refractivity contribution in [2.45, 2.75) is 33.6 Å². The van der Waals surface area contributed by atoms with Crippen molar-refractivity contribution in [2.75, 3.05) is 18.1 Å². The Morgan fingerprint density at radius 2 is 1.47 bits per heavy atom. The van der Waals surface area contributed by atoms with Gasteiger partial charge in [0.15, 0.2) is 0 Å². The minimum absolute atomic E-state index is 0.829. The minimum Gasteiger partial charge on any atom is -0.399 e. The Morgan fingerprint density at radius 3 is 1.80 bits per heavy atom. The van der Waals surface area contributed by atoms with Gasteiger partial charge in [-0.1, -0.05) is 44.4 Å². The number of aryl methyl sites for hydroxylation is 1. The van der Waals surface area contributed by atoms with E-state index < -0.39 is 0 Å². The van der Waals surface area contributed by atoms with Gasteiger partial charge in [-0.15, -0.1) is 8.58 Å². The number of hydrogen-bond donors (Lipinski definition) is 1. The zero-order valence-corrected chi connectivity index (χ0v) is 11.2. The zero-order valence-electron chi connectivity index (χ0n) is 10.2. The fraction of sp³-hybridized carbons (Fsp3) is 0.538. The summed E-state index contributed by atoms with van der Waals surface area (Å²) in [5, 5.41) is 0. The topological polar surface area (TPSA) is 26.0 Å². The molecule has 0 aliphatic rings. The molecule has 0 aromatic heterocycles. The molecule has 86 valence electrons. The molecule has 0 amide bonds. The zero-order chi connectivity index (χ0) is 11.5. The van der Waals surface area contributed by atoms with Crippen LogP contribution in [0.4, 0.5) is 5.69 Å². The standard InChI is InChI=1S/C7H9N.C6H15P/c1-6-2-4-7(8)5-3-6;1-3-5-7-6-4-2/h2-5H,8H2,1H3;7H,3-6H2,1-2H3. The third kappa shape index (κ3) is 9.75. The molecule has 1 rings (SSSR count). The highest BCUT2D eigenvalue weighted by atomic mass is 31.1. The summed E-state index contributed by atoms with van der Waals surface area (Å²) in [5.41, 5.74) is 7.51. The average molecular weight is 225 g/mol. The molecule has 0 saturated heterocycles. The third-order valence-electron chi connectivity index (χ3n) is 1.93.